The molecule has 4 N–H and O–H groups in total. The number of carbonyl (C=O) groups excluding carboxylic acids is 4. The van der Waals surface area contributed by atoms with E-state index >= 15 is 0 Å². The smallest absolute Gasteiger partial charge is 0.252 e. The number of nitrogens with zero attached hydrogens (tertiary/aromatic N) is 1. The Morgan fingerprint density at radius 3 is 2.30 bits per heavy atom. The third-order valence-electron chi connectivity index (χ3n) is 7.74. The van der Waals surface area contributed by atoms with Gasteiger partial charge in [-0.2, -0.15) is 0 Å². The first-order valence-corrected chi connectivity index (χ1v) is 15.7. The molecule has 3 aromatic carbocycles. The molecule has 1 aromatic heterocycles. The summed E-state index contributed by atoms with van der Waals surface area (Å²) in [7, 11) is 0. The monoisotopic (exact) mass is 633 g/mol. The summed E-state index contributed by atoms with van der Waals surface area (Å²) in [5.74, 6) is -0.835. The van der Waals surface area contributed by atoms with Crippen molar-refractivity contribution in [1.82, 2.24) is 26.3 Å². The summed E-state index contributed by atoms with van der Waals surface area (Å²) in [4.78, 5) is 59.0. The zero-order valence-corrected chi connectivity index (χ0v) is 26.4. The van der Waals surface area contributed by atoms with Crippen LogP contribution in [0.15, 0.2) is 103 Å². The van der Waals surface area contributed by atoms with E-state index in [9.17, 15) is 19.2 Å². The van der Waals surface area contributed by atoms with E-state index < -0.39 is 35.8 Å². The highest BCUT2D eigenvalue weighted by molar-refractivity contribution is 5.99. The van der Waals surface area contributed by atoms with Crippen molar-refractivity contribution in [3.8, 4) is 11.5 Å². The van der Waals surface area contributed by atoms with Crippen LogP contribution in [0.2, 0.25) is 0 Å². The Bertz CT molecular complexity index is 1680. The van der Waals surface area contributed by atoms with Gasteiger partial charge in [-0.3, -0.25) is 24.2 Å². The normalized spacial score (nSPS) is 18.6. The van der Waals surface area contributed by atoms with Crippen LogP contribution >= 0.6 is 0 Å². The van der Waals surface area contributed by atoms with Crippen LogP contribution in [0, 0.1) is 5.92 Å². The van der Waals surface area contributed by atoms with Gasteiger partial charge in [-0.15, -0.1) is 0 Å². The van der Waals surface area contributed by atoms with Crippen LogP contribution in [-0.4, -0.2) is 46.7 Å². The van der Waals surface area contributed by atoms with Crippen molar-refractivity contribution in [3.63, 3.8) is 0 Å². The van der Waals surface area contributed by atoms with E-state index in [4.69, 9.17) is 4.74 Å². The van der Waals surface area contributed by atoms with Crippen LogP contribution in [0.25, 0.3) is 0 Å². The summed E-state index contributed by atoms with van der Waals surface area (Å²) in [6, 6.07) is 25.8. The number of hydrogen-bond acceptors (Lipinski definition) is 6. The molecule has 4 amide bonds. The van der Waals surface area contributed by atoms with Crippen LogP contribution in [0.4, 0.5) is 0 Å². The highest BCUT2D eigenvalue weighted by Gasteiger charge is 2.31. The topological polar surface area (TPSA) is 139 Å². The minimum absolute atomic E-state index is 0.0396. The van der Waals surface area contributed by atoms with Gasteiger partial charge >= 0.3 is 0 Å². The molecule has 0 fully saturated rings. The van der Waals surface area contributed by atoms with Gasteiger partial charge in [-0.05, 0) is 65.9 Å². The van der Waals surface area contributed by atoms with E-state index in [0.717, 1.165) is 11.1 Å². The molecule has 2 aliphatic heterocycles. The molecule has 4 bridgehead atoms. The molecule has 3 atom stereocenters. The van der Waals surface area contributed by atoms with E-state index in [1.54, 1.807) is 54.7 Å². The number of rotatable bonds is 7. The predicted molar refractivity (Wildman–Crippen MR) is 177 cm³/mol. The van der Waals surface area contributed by atoms with Crippen LogP contribution in [0.1, 0.15) is 47.4 Å². The van der Waals surface area contributed by atoms with Crippen molar-refractivity contribution < 1.29 is 23.9 Å². The molecule has 10 heteroatoms. The van der Waals surface area contributed by atoms with E-state index in [0.29, 0.717) is 29.2 Å². The molecule has 2 aliphatic rings. The SMILES string of the molecule is CC(C)C[C@@H]1NC(=O)[C@@H](Cc2ccccc2)NC(=O)c2cccc(c2)Oc2ccc(cc2)C[C@@H](C(=O)NCc2ccccn2)NC1=O. The van der Waals surface area contributed by atoms with E-state index in [1.807, 2.05) is 62.4 Å². The van der Waals surface area contributed by atoms with E-state index in [2.05, 4.69) is 26.3 Å². The molecule has 242 valence electrons. The van der Waals surface area contributed by atoms with Gasteiger partial charge in [0.15, 0.2) is 0 Å². The van der Waals surface area contributed by atoms with Gasteiger partial charge < -0.3 is 26.0 Å². The summed E-state index contributed by atoms with van der Waals surface area (Å²) >= 11 is 0. The Labute approximate surface area is 274 Å². The zero-order valence-electron chi connectivity index (χ0n) is 26.4. The predicted octanol–water partition coefficient (Wildman–Crippen LogP) is 4.10. The highest BCUT2D eigenvalue weighted by Crippen LogP contribution is 2.23. The van der Waals surface area contributed by atoms with Gasteiger partial charge in [0.25, 0.3) is 5.91 Å². The minimum Gasteiger partial charge on any atom is -0.457 e. The molecule has 47 heavy (non-hydrogen) atoms. The van der Waals surface area contributed by atoms with Crippen molar-refractivity contribution in [3.05, 3.63) is 126 Å². The number of carbonyl (C=O) groups is 4. The molecule has 4 aromatic rings. The van der Waals surface area contributed by atoms with Gasteiger partial charge in [0.1, 0.15) is 29.6 Å². The van der Waals surface area contributed by atoms with Crippen molar-refractivity contribution >= 4 is 23.6 Å². The van der Waals surface area contributed by atoms with E-state index in [1.165, 1.54) is 0 Å². The van der Waals surface area contributed by atoms with Crippen LogP contribution in [-0.2, 0) is 33.8 Å². The molecular formula is C37H39N5O5. The standard InChI is InChI=1S/C37H39N5O5/c1-24(2)19-31-36(45)42-32(35(44)39-23-28-12-6-7-18-38-28)21-26-14-16-29(17-15-26)47-30-13-8-11-27(22-30)34(43)40-33(37(46)41-31)20-25-9-4-3-5-10-25/h3-18,22,24,31-33H,19-21,23H2,1-2H3,(H,39,44)(H,40,43)(H,41,46)(H,42,45)/t31-,32-,33+/m0/s1. The van der Waals surface area contributed by atoms with Crippen molar-refractivity contribution in [2.75, 3.05) is 0 Å². The third kappa shape index (κ3) is 9.49. The van der Waals surface area contributed by atoms with Gasteiger partial charge in [0.05, 0.1) is 12.2 Å². The van der Waals surface area contributed by atoms with Gasteiger partial charge in [-0.25, -0.2) is 0 Å². The molecule has 6 rings (SSSR count). The Hall–Kier alpha value is -5.51. The Balaban J connectivity index is 1.48. The molecule has 0 saturated heterocycles. The molecular weight excluding hydrogens is 594 g/mol. The lowest BCUT2D eigenvalue weighted by atomic mass is 9.99. The summed E-state index contributed by atoms with van der Waals surface area (Å²) in [5.41, 5.74) is 2.62. The number of aromatic nitrogens is 1. The maximum Gasteiger partial charge on any atom is 0.252 e. The molecule has 0 saturated carbocycles. The second-order valence-corrected chi connectivity index (χ2v) is 12.0. The molecule has 0 aliphatic carbocycles. The molecule has 3 heterocycles. The third-order valence-corrected chi connectivity index (χ3v) is 7.74. The molecule has 0 unspecified atom stereocenters. The lowest BCUT2D eigenvalue weighted by Crippen LogP contribution is -2.57. The number of fused-ring (bicyclic) bond motifs is 11. The van der Waals surface area contributed by atoms with Crippen LogP contribution in [0.5, 0.6) is 11.5 Å². The lowest BCUT2D eigenvalue weighted by molar-refractivity contribution is -0.133. The fourth-order valence-electron chi connectivity index (χ4n) is 5.33. The Kier molecular flexibility index (Phi) is 11.0. The maximum atomic E-state index is 13.9. The summed E-state index contributed by atoms with van der Waals surface area (Å²) in [5, 5.41) is 11.5. The molecule has 0 spiro atoms. The van der Waals surface area contributed by atoms with Crippen molar-refractivity contribution in [2.45, 2.75) is 57.8 Å². The first kappa shape index (κ1) is 32.9. The molecule has 10 nitrogen and oxygen atoms in total. The number of ether oxygens (including phenoxy) is 1. The quantitative estimate of drug-likeness (QED) is 0.226. The largest absolute Gasteiger partial charge is 0.457 e. The fraction of sp³-hybridized carbons (Fsp3) is 0.270. The van der Waals surface area contributed by atoms with Crippen molar-refractivity contribution in [1.29, 1.82) is 0 Å². The second kappa shape index (κ2) is 15.7. The van der Waals surface area contributed by atoms with Crippen molar-refractivity contribution in [2.24, 2.45) is 5.92 Å². The summed E-state index contributed by atoms with van der Waals surface area (Å²) in [6.45, 7) is 4.08. The number of amides is 4. The number of benzene rings is 3. The Morgan fingerprint density at radius 1 is 0.830 bits per heavy atom. The number of pyridine rings is 1. The highest BCUT2D eigenvalue weighted by atomic mass is 16.5. The summed E-state index contributed by atoms with van der Waals surface area (Å²) < 4.78 is 6.02. The first-order valence-electron chi connectivity index (χ1n) is 15.7. The average Bonchev–Trinajstić information content (AvgIpc) is 3.07. The number of nitrogens with one attached hydrogen (secondary N) is 4. The number of hydrogen-bond donors (Lipinski definition) is 4. The molecule has 0 radical (unpaired) electrons. The van der Waals surface area contributed by atoms with Crippen LogP contribution in [0.3, 0.4) is 0 Å². The zero-order chi connectivity index (χ0) is 33.2. The fourth-order valence-corrected chi connectivity index (χ4v) is 5.33. The lowest BCUT2D eigenvalue weighted by Gasteiger charge is -2.26. The second-order valence-electron chi connectivity index (χ2n) is 12.0. The van der Waals surface area contributed by atoms with Gasteiger partial charge in [0.2, 0.25) is 17.7 Å². The average molecular weight is 634 g/mol. The minimum atomic E-state index is -0.986. The van der Waals surface area contributed by atoms with Crippen LogP contribution < -0.4 is 26.0 Å². The summed E-state index contributed by atoms with van der Waals surface area (Å²) in [6.07, 6.45) is 2.37. The first-order chi connectivity index (χ1) is 22.7. The van der Waals surface area contributed by atoms with Gasteiger partial charge in [-0.1, -0.05) is 68.4 Å². The maximum absolute atomic E-state index is 13.9. The Morgan fingerprint density at radius 2 is 1.57 bits per heavy atom. The van der Waals surface area contributed by atoms with Gasteiger partial charge in [0, 0.05) is 24.6 Å². The van der Waals surface area contributed by atoms with E-state index in [-0.39, 0.29) is 31.2 Å².